The van der Waals surface area contributed by atoms with E-state index >= 15 is 0 Å². The summed E-state index contributed by atoms with van der Waals surface area (Å²) in [5.74, 6) is 0.392. The highest BCUT2D eigenvalue weighted by atomic mass is 19.4. The summed E-state index contributed by atoms with van der Waals surface area (Å²) < 4.78 is 44.8. The summed E-state index contributed by atoms with van der Waals surface area (Å²) in [6.07, 6.45) is -1.64. The zero-order chi connectivity index (χ0) is 20.4. The highest BCUT2D eigenvalue weighted by Gasteiger charge is 2.39. The van der Waals surface area contributed by atoms with Crippen molar-refractivity contribution in [1.82, 2.24) is 4.90 Å². The van der Waals surface area contributed by atoms with Gasteiger partial charge in [0.1, 0.15) is 6.10 Å². The van der Waals surface area contributed by atoms with Gasteiger partial charge in [0.05, 0.1) is 11.8 Å². The van der Waals surface area contributed by atoms with Gasteiger partial charge in [-0.3, -0.25) is 4.90 Å². The average molecular weight is 399 g/mol. The van der Waals surface area contributed by atoms with Crippen LogP contribution in [0.3, 0.4) is 0 Å². The molecule has 152 valence electrons. The fraction of sp³-hybridized carbons (Fsp3) is 0.333. The summed E-state index contributed by atoms with van der Waals surface area (Å²) in [6, 6.07) is 20.8. The lowest BCUT2D eigenvalue weighted by Crippen LogP contribution is -2.53. The molecule has 0 aromatic heterocycles. The maximum atomic E-state index is 12.9. The third-order valence-electron chi connectivity index (χ3n) is 5.60. The molecule has 1 unspecified atom stereocenters. The number of rotatable bonds is 5. The van der Waals surface area contributed by atoms with Gasteiger partial charge < -0.3 is 4.74 Å². The van der Waals surface area contributed by atoms with Crippen LogP contribution in [-0.4, -0.2) is 30.3 Å². The molecule has 29 heavy (non-hydrogen) atoms. The van der Waals surface area contributed by atoms with Gasteiger partial charge in [-0.05, 0) is 23.6 Å². The maximum Gasteiger partial charge on any atom is 0.412 e. The summed E-state index contributed by atoms with van der Waals surface area (Å²) in [6.45, 7) is 3.28. The summed E-state index contributed by atoms with van der Waals surface area (Å²) in [4.78, 5) is 2.35. The topological polar surface area (TPSA) is 12.5 Å². The Hall–Kier alpha value is -2.53. The minimum atomic E-state index is -4.26. The summed E-state index contributed by atoms with van der Waals surface area (Å²) in [7, 11) is 0. The van der Waals surface area contributed by atoms with Crippen LogP contribution in [0.2, 0.25) is 0 Å². The van der Waals surface area contributed by atoms with E-state index in [1.165, 1.54) is 17.2 Å². The van der Waals surface area contributed by atoms with E-state index in [4.69, 9.17) is 4.74 Å². The second kappa shape index (κ2) is 8.07. The molecule has 4 rings (SSSR count). The zero-order valence-electron chi connectivity index (χ0n) is 16.3. The van der Waals surface area contributed by atoms with E-state index in [1.807, 2.05) is 36.4 Å². The predicted octanol–water partition coefficient (Wildman–Crippen LogP) is 5.89. The van der Waals surface area contributed by atoms with E-state index < -0.39 is 11.7 Å². The first kappa shape index (κ1) is 19.8. The zero-order valence-corrected chi connectivity index (χ0v) is 16.3. The van der Waals surface area contributed by atoms with Gasteiger partial charge in [0.25, 0.3) is 0 Å². The molecule has 0 radical (unpaired) electrons. The van der Waals surface area contributed by atoms with Crippen LogP contribution in [0.1, 0.15) is 30.5 Å². The Morgan fingerprint density at radius 2 is 1.45 bits per heavy atom. The van der Waals surface area contributed by atoms with Crippen molar-refractivity contribution in [3.8, 4) is 0 Å². The molecular weight excluding hydrogens is 375 g/mol. The first-order valence-corrected chi connectivity index (χ1v) is 9.90. The highest BCUT2D eigenvalue weighted by Crippen LogP contribution is 2.38. The van der Waals surface area contributed by atoms with E-state index in [0.29, 0.717) is 5.76 Å². The normalized spacial score (nSPS) is 20.8. The lowest BCUT2D eigenvalue weighted by molar-refractivity contribution is -0.0966. The van der Waals surface area contributed by atoms with Gasteiger partial charge in [0.15, 0.2) is 0 Å². The van der Waals surface area contributed by atoms with E-state index in [2.05, 4.69) is 29.2 Å². The van der Waals surface area contributed by atoms with Gasteiger partial charge in [0.2, 0.25) is 0 Å². The number of benzene rings is 2. The van der Waals surface area contributed by atoms with Gasteiger partial charge >= 0.3 is 6.18 Å². The number of hydrogen-bond acceptors (Lipinski definition) is 2. The molecular formula is C24H24F3NO. The van der Waals surface area contributed by atoms with Gasteiger partial charge in [-0.2, -0.15) is 13.2 Å². The fourth-order valence-corrected chi connectivity index (χ4v) is 4.04. The van der Waals surface area contributed by atoms with Crippen molar-refractivity contribution in [2.24, 2.45) is 5.92 Å². The SMILES string of the molecule is CC1CC(C(F)(F)F)=CC=C1OC1CN(C(c2ccccc2)c2ccccc2)C1. The highest BCUT2D eigenvalue weighted by molar-refractivity contribution is 5.32. The van der Waals surface area contributed by atoms with Crippen molar-refractivity contribution >= 4 is 0 Å². The van der Waals surface area contributed by atoms with Crippen LogP contribution >= 0.6 is 0 Å². The molecule has 2 aromatic rings. The molecule has 1 aliphatic carbocycles. The van der Waals surface area contributed by atoms with Crippen molar-refractivity contribution in [3.63, 3.8) is 0 Å². The Balaban J connectivity index is 1.44. The van der Waals surface area contributed by atoms with Gasteiger partial charge in [-0.15, -0.1) is 0 Å². The van der Waals surface area contributed by atoms with Crippen LogP contribution in [0.25, 0.3) is 0 Å². The van der Waals surface area contributed by atoms with Crippen LogP contribution in [0.4, 0.5) is 13.2 Å². The third kappa shape index (κ3) is 4.40. The fourth-order valence-electron chi connectivity index (χ4n) is 4.04. The van der Waals surface area contributed by atoms with Crippen molar-refractivity contribution in [2.75, 3.05) is 13.1 Å². The first-order valence-electron chi connectivity index (χ1n) is 9.90. The first-order chi connectivity index (χ1) is 13.9. The van der Waals surface area contributed by atoms with Crippen molar-refractivity contribution in [1.29, 1.82) is 0 Å². The lowest BCUT2D eigenvalue weighted by atomic mass is 9.92. The summed E-state index contributed by atoms with van der Waals surface area (Å²) in [5.41, 5.74) is 1.96. The minimum absolute atomic E-state index is 0.000499. The van der Waals surface area contributed by atoms with Crippen molar-refractivity contribution < 1.29 is 17.9 Å². The van der Waals surface area contributed by atoms with Gasteiger partial charge in [0, 0.05) is 24.6 Å². The maximum absolute atomic E-state index is 12.9. The standard InChI is InChI=1S/C24H24F3NO/c1-17-14-20(24(25,26)27)12-13-22(17)29-21-15-28(16-21)23(18-8-4-2-5-9-18)19-10-6-3-7-11-19/h2-13,17,21,23H,14-16H2,1H3. The number of ether oxygens (including phenoxy) is 1. The minimum Gasteiger partial charge on any atom is -0.492 e. The third-order valence-corrected chi connectivity index (χ3v) is 5.60. The molecule has 2 nitrogen and oxygen atoms in total. The van der Waals surface area contributed by atoms with Crippen molar-refractivity contribution in [3.05, 3.63) is 95.3 Å². The number of halogens is 3. The van der Waals surface area contributed by atoms with E-state index in [9.17, 15) is 13.2 Å². The number of likely N-dealkylation sites (tertiary alicyclic amines) is 1. The molecule has 5 heteroatoms. The Kier molecular flexibility index (Phi) is 5.50. The predicted molar refractivity (Wildman–Crippen MR) is 107 cm³/mol. The number of allylic oxidation sites excluding steroid dienone is 4. The van der Waals surface area contributed by atoms with Crippen LogP contribution in [-0.2, 0) is 4.74 Å². The molecule has 1 aliphatic heterocycles. The molecule has 2 aromatic carbocycles. The van der Waals surface area contributed by atoms with Crippen LogP contribution in [0.15, 0.2) is 84.1 Å². The quantitative estimate of drug-likeness (QED) is 0.622. The molecule has 0 saturated carbocycles. The number of alkyl halides is 3. The Labute approximate surface area is 169 Å². The molecule has 1 atom stereocenters. The molecule has 1 saturated heterocycles. The van der Waals surface area contributed by atoms with Crippen LogP contribution in [0.5, 0.6) is 0 Å². The summed E-state index contributed by atoms with van der Waals surface area (Å²) in [5, 5.41) is 0. The molecule has 0 amide bonds. The average Bonchev–Trinajstić information content (AvgIpc) is 2.68. The second-order valence-electron chi connectivity index (χ2n) is 7.78. The molecule has 0 N–H and O–H groups in total. The smallest absolute Gasteiger partial charge is 0.412 e. The lowest BCUT2D eigenvalue weighted by Gasteiger charge is -2.45. The Morgan fingerprint density at radius 3 is 1.93 bits per heavy atom. The molecule has 0 spiro atoms. The van der Waals surface area contributed by atoms with Crippen LogP contribution < -0.4 is 0 Å². The number of nitrogens with zero attached hydrogens (tertiary/aromatic N) is 1. The second-order valence-corrected chi connectivity index (χ2v) is 7.78. The number of hydrogen-bond donors (Lipinski definition) is 0. The Morgan fingerprint density at radius 1 is 0.897 bits per heavy atom. The molecule has 2 aliphatic rings. The molecule has 1 heterocycles. The van der Waals surface area contributed by atoms with E-state index in [-0.39, 0.29) is 24.5 Å². The summed E-state index contributed by atoms with van der Waals surface area (Å²) >= 11 is 0. The van der Waals surface area contributed by atoms with Crippen molar-refractivity contribution in [2.45, 2.75) is 31.7 Å². The van der Waals surface area contributed by atoms with Gasteiger partial charge in [-0.25, -0.2) is 0 Å². The van der Waals surface area contributed by atoms with Crippen LogP contribution in [0, 0.1) is 5.92 Å². The monoisotopic (exact) mass is 399 g/mol. The van der Waals surface area contributed by atoms with Gasteiger partial charge in [-0.1, -0.05) is 73.7 Å². The Bertz CT molecular complexity index is 844. The van der Waals surface area contributed by atoms with E-state index in [1.54, 1.807) is 6.92 Å². The van der Waals surface area contributed by atoms with E-state index in [0.717, 1.165) is 19.2 Å². The molecule has 1 fully saturated rings. The molecule has 0 bridgehead atoms. The largest absolute Gasteiger partial charge is 0.492 e.